The molecule has 2 unspecified atom stereocenters. The van der Waals surface area contributed by atoms with Crippen LogP contribution in [0.5, 0.6) is 0 Å². The number of carboxylic acid groups (broad SMARTS) is 1. The molecule has 0 saturated heterocycles. The zero-order valence-corrected chi connectivity index (χ0v) is 10.1. The van der Waals surface area contributed by atoms with E-state index in [1.807, 2.05) is 0 Å². The van der Waals surface area contributed by atoms with Gasteiger partial charge in [-0.3, -0.25) is 4.79 Å². The number of carboxylic acids is 1. The van der Waals surface area contributed by atoms with Crippen LogP contribution in [0.3, 0.4) is 0 Å². The molecule has 1 aliphatic carbocycles. The van der Waals surface area contributed by atoms with Gasteiger partial charge < -0.3 is 10.4 Å². The lowest BCUT2D eigenvalue weighted by molar-refractivity contribution is -0.137. The van der Waals surface area contributed by atoms with Gasteiger partial charge in [-0.2, -0.15) is 0 Å². The molecule has 2 N–H and O–H groups in total. The Morgan fingerprint density at radius 2 is 2.29 bits per heavy atom. The molecule has 92 valence electrons. The Morgan fingerprint density at radius 1 is 1.53 bits per heavy atom. The number of aryl methyl sites for hydroxylation is 1. The fourth-order valence-electron chi connectivity index (χ4n) is 2.50. The SMILES string of the molecule is CC(CCC(=O)O)NC1CCc2ccccc21. The Bertz CT molecular complexity index is 403. The summed E-state index contributed by atoms with van der Waals surface area (Å²) in [6.45, 7) is 2.06. The third-order valence-corrected chi connectivity index (χ3v) is 3.41. The van der Waals surface area contributed by atoms with Crippen LogP contribution in [0.4, 0.5) is 0 Å². The Morgan fingerprint density at radius 3 is 3.06 bits per heavy atom. The molecule has 0 aromatic heterocycles. The summed E-state index contributed by atoms with van der Waals surface area (Å²) in [6.07, 6.45) is 3.17. The molecule has 0 amide bonds. The molecule has 0 bridgehead atoms. The van der Waals surface area contributed by atoms with Gasteiger partial charge in [0.05, 0.1) is 0 Å². The highest BCUT2D eigenvalue weighted by Gasteiger charge is 2.22. The van der Waals surface area contributed by atoms with E-state index in [0.29, 0.717) is 12.5 Å². The summed E-state index contributed by atoms with van der Waals surface area (Å²) in [5.41, 5.74) is 2.81. The summed E-state index contributed by atoms with van der Waals surface area (Å²) >= 11 is 0. The van der Waals surface area contributed by atoms with Crippen LogP contribution in [-0.2, 0) is 11.2 Å². The quantitative estimate of drug-likeness (QED) is 0.821. The van der Waals surface area contributed by atoms with Gasteiger partial charge in [0.15, 0.2) is 0 Å². The molecule has 0 fully saturated rings. The maximum Gasteiger partial charge on any atom is 0.303 e. The van der Waals surface area contributed by atoms with E-state index in [2.05, 4.69) is 36.5 Å². The molecule has 2 atom stereocenters. The molecule has 1 aromatic carbocycles. The molecular weight excluding hydrogens is 214 g/mol. The van der Waals surface area contributed by atoms with E-state index in [1.165, 1.54) is 11.1 Å². The molecule has 17 heavy (non-hydrogen) atoms. The summed E-state index contributed by atoms with van der Waals surface area (Å²) < 4.78 is 0. The van der Waals surface area contributed by atoms with E-state index >= 15 is 0 Å². The van der Waals surface area contributed by atoms with Crippen LogP contribution in [0.1, 0.15) is 43.4 Å². The standard InChI is InChI=1S/C14H19NO2/c1-10(6-9-14(16)17)15-13-8-7-11-4-2-3-5-12(11)13/h2-5,10,13,15H,6-9H2,1H3,(H,16,17). The topological polar surface area (TPSA) is 49.3 Å². The number of hydrogen-bond acceptors (Lipinski definition) is 2. The van der Waals surface area contributed by atoms with Crippen molar-refractivity contribution < 1.29 is 9.90 Å². The van der Waals surface area contributed by atoms with Crippen molar-refractivity contribution in [2.24, 2.45) is 0 Å². The van der Waals surface area contributed by atoms with Gasteiger partial charge in [-0.05, 0) is 37.3 Å². The largest absolute Gasteiger partial charge is 0.481 e. The Kier molecular flexibility index (Phi) is 3.79. The first-order chi connectivity index (χ1) is 8.16. The molecular formula is C14H19NO2. The van der Waals surface area contributed by atoms with Gasteiger partial charge in [-0.1, -0.05) is 24.3 Å². The number of fused-ring (bicyclic) bond motifs is 1. The van der Waals surface area contributed by atoms with Crippen molar-refractivity contribution >= 4 is 5.97 Å². The van der Waals surface area contributed by atoms with Gasteiger partial charge in [-0.15, -0.1) is 0 Å². The molecule has 1 aromatic rings. The summed E-state index contributed by atoms with van der Waals surface area (Å²) in [6, 6.07) is 9.15. The molecule has 0 radical (unpaired) electrons. The second-order valence-corrected chi connectivity index (χ2v) is 4.79. The monoisotopic (exact) mass is 233 g/mol. The van der Waals surface area contributed by atoms with Crippen LogP contribution in [-0.4, -0.2) is 17.1 Å². The number of hydrogen-bond donors (Lipinski definition) is 2. The van der Waals surface area contributed by atoms with Crippen molar-refractivity contribution in [3.63, 3.8) is 0 Å². The van der Waals surface area contributed by atoms with Crippen LogP contribution in [0.15, 0.2) is 24.3 Å². The number of nitrogens with one attached hydrogen (secondary N) is 1. The van der Waals surface area contributed by atoms with Gasteiger partial charge in [0.2, 0.25) is 0 Å². The highest BCUT2D eigenvalue weighted by atomic mass is 16.4. The smallest absolute Gasteiger partial charge is 0.303 e. The van der Waals surface area contributed by atoms with Gasteiger partial charge in [0.1, 0.15) is 0 Å². The average Bonchev–Trinajstić information content (AvgIpc) is 2.70. The summed E-state index contributed by atoms with van der Waals surface area (Å²) in [5.74, 6) is -0.717. The van der Waals surface area contributed by atoms with E-state index in [1.54, 1.807) is 0 Å². The average molecular weight is 233 g/mol. The van der Waals surface area contributed by atoms with Crippen molar-refractivity contribution in [2.45, 2.75) is 44.7 Å². The molecule has 0 heterocycles. The summed E-state index contributed by atoms with van der Waals surface area (Å²) in [4.78, 5) is 10.5. The number of rotatable bonds is 5. The van der Waals surface area contributed by atoms with Crippen molar-refractivity contribution in [1.82, 2.24) is 5.32 Å². The highest BCUT2D eigenvalue weighted by Crippen LogP contribution is 2.31. The van der Waals surface area contributed by atoms with Crippen molar-refractivity contribution in [2.75, 3.05) is 0 Å². The minimum absolute atomic E-state index is 0.239. The molecule has 3 heteroatoms. The van der Waals surface area contributed by atoms with Crippen LogP contribution in [0, 0.1) is 0 Å². The third-order valence-electron chi connectivity index (χ3n) is 3.41. The van der Waals surface area contributed by atoms with E-state index < -0.39 is 5.97 Å². The number of aliphatic carboxylic acids is 1. The first-order valence-electron chi connectivity index (χ1n) is 6.22. The lowest BCUT2D eigenvalue weighted by Crippen LogP contribution is -2.29. The van der Waals surface area contributed by atoms with E-state index in [0.717, 1.165) is 12.8 Å². The van der Waals surface area contributed by atoms with Gasteiger partial charge in [0.25, 0.3) is 0 Å². The Labute approximate surface area is 102 Å². The molecule has 0 spiro atoms. The van der Waals surface area contributed by atoms with Crippen molar-refractivity contribution in [3.05, 3.63) is 35.4 Å². The van der Waals surface area contributed by atoms with Crippen LogP contribution >= 0.6 is 0 Å². The van der Waals surface area contributed by atoms with Crippen molar-refractivity contribution in [3.8, 4) is 0 Å². The van der Waals surface area contributed by atoms with Crippen LogP contribution < -0.4 is 5.32 Å². The van der Waals surface area contributed by atoms with E-state index in [4.69, 9.17) is 5.11 Å². The van der Waals surface area contributed by atoms with Gasteiger partial charge in [0, 0.05) is 18.5 Å². The summed E-state index contributed by atoms with van der Waals surface area (Å²) in [7, 11) is 0. The Balaban J connectivity index is 1.90. The van der Waals surface area contributed by atoms with Gasteiger partial charge >= 0.3 is 5.97 Å². The minimum atomic E-state index is -0.717. The molecule has 0 saturated carbocycles. The fraction of sp³-hybridized carbons (Fsp3) is 0.500. The van der Waals surface area contributed by atoms with Gasteiger partial charge in [-0.25, -0.2) is 0 Å². The zero-order chi connectivity index (χ0) is 12.3. The highest BCUT2D eigenvalue weighted by molar-refractivity contribution is 5.66. The van der Waals surface area contributed by atoms with Crippen LogP contribution in [0.2, 0.25) is 0 Å². The predicted octanol–water partition coefficient (Wildman–Crippen LogP) is 2.52. The first-order valence-corrected chi connectivity index (χ1v) is 6.22. The normalized spacial score (nSPS) is 19.9. The van der Waals surface area contributed by atoms with Crippen molar-refractivity contribution in [1.29, 1.82) is 0 Å². The second kappa shape index (κ2) is 5.32. The fourth-order valence-corrected chi connectivity index (χ4v) is 2.50. The molecule has 1 aliphatic rings. The first kappa shape index (κ1) is 12.1. The molecule has 3 nitrogen and oxygen atoms in total. The van der Waals surface area contributed by atoms with E-state index in [-0.39, 0.29) is 12.5 Å². The maximum atomic E-state index is 10.5. The lowest BCUT2D eigenvalue weighted by Gasteiger charge is -2.19. The van der Waals surface area contributed by atoms with Crippen LogP contribution in [0.25, 0.3) is 0 Å². The maximum absolute atomic E-state index is 10.5. The predicted molar refractivity (Wildman–Crippen MR) is 67.0 cm³/mol. The Hall–Kier alpha value is -1.35. The minimum Gasteiger partial charge on any atom is -0.481 e. The molecule has 0 aliphatic heterocycles. The second-order valence-electron chi connectivity index (χ2n) is 4.79. The molecule has 2 rings (SSSR count). The number of carbonyl (C=O) groups is 1. The van der Waals surface area contributed by atoms with E-state index in [9.17, 15) is 4.79 Å². The summed E-state index contributed by atoms with van der Waals surface area (Å²) in [5, 5.41) is 12.2. The number of benzene rings is 1. The zero-order valence-electron chi connectivity index (χ0n) is 10.1. The lowest BCUT2D eigenvalue weighted by atomic mass is 10.1. The third kappa shape index (κ3) is 3.07.